The van der Waals surface area contributed by atoms with Crippen molar-refractivity contribution in [3.05, 3.63) is 35.4 Å². The molecule has 0 radical (unpaired) electrons. The van der Waals surface area contributed by atoms with E-state index in [-0.39, 0.29) is 23.9 Å². The second-order valence-corrected chi connectivity index (χ2v) is 4.34. The molecule has 1 unspecified atom stereocenters. The summed E-state index contributed by atoms with van der Waals surface area (Å²) in [5.74, 6) is -0.298. The minimum Gasteiger partial charge on any atom is -0.378 e. The van der Waals surface area contributed by atoms with Crippen molar-refractivity contribution in [2.24, 2.45) is 0 Å². The quantitative estimate of drug-likeness (QED) is 0.776. The number of ketones is 1. The minimum absolute atomic E-state index is 0.0975. The summed E-state index contributed by atoms with van der Waals surface area (Å²) in [4.78, 5) is 11.8. The molecule has 0 amide bonds. The molecule has 0 bridgehead atoms. The predicted octanol–water partition coefficient (Wildman–Crippen LogP) is 3.46. The lowest BCUT2D eigenvalue weighted by Crippen LogP contribution is -2.13. The van der Waals surface area contributed by atoms with Crippen LogP contribution >= 0.6 is 0 Å². The minimum atomic E-state index is -4.42. The number of Topliss-reactive ketones (excluding diaryl/α,β-unsaturated/α-hetero) is 1. The molecule has 1 aromatic rings. The third-order valence-corrected chi connectivity index (χ3v) is 2.95. The van der Waals surface area contributed by atoms with Crippen molar-refractivity contribution >= 4 is 5.78 Å². The van der Waals surface area contributed by atoms with Gasteiger partial charge in [0, 0.05) is 18.6 Å². The highest BCUT2D eigenvalue weighted by Crippen LogP contribution is 2.30. The molecule has 0 aromatic heterocycles. The van der Waals surface area contributed by atoms with E-state index in [1.54, 1.807) is 0 Å². The first kappa shape index (κ1) is 13.1. The van der Waals surface area contributed by atoms with Gasteiger partial charge in [-0.2, -0.15) is 13.2 Å². The van der Waals surface area contributed by atoms with Crippen molar-refractivity contribution in [1.29, 1.82) is 0 Å². The molecule has 0 N–H and O–H groups in total. The van der Waals surface area contributed by atoms with Crippen molar-refractivity contribution < 1.29 is 22.7 Å². The number of hydrogen-bond donors (Lipinski definition) is 0. The van der Waals surface area contributed by atoms with Gasteiger partial charge in [-0.25, -0.2) is 0 Å². The lowest BCUT2D eigenvalue weighted by molar-refractivity contribution is -0.137. The molecule has 0 saturated carbocycles. The van der Waals surface area contributed by atoms with Crippen LogP contribution in [0.15, 0.2) is 24.3 Å². The molecule has 1 atom stereocenters. The highest BCUT2D eigenvalue weighted by atomic mass is 19.4. The van der Waals surface area contributed by atoms with E-state index in [1.165, 1.54) is 12.1 Å². The number of hydrogen-bond acceptors (Lipinski definition) is 2. The molecule has 1 aliphatic heterocycles. The Morgan fingerprint density at radius 3 is 2.78 bits per heavy atom. The summed E-state index contributed by atoms with van der Waals surface area (Å²) >= 11 is 0. The van der Waals surface area contributed by atoms with Crippen LogP contribution in [0.3, 0.4) is 0 Å². The van der Waals surface area contributed by atoms with Gasteiger partial charge in [0.25, 0.3) is 0 Å². The molecule has 98 valence electrons. The molecule has 1 saturated heterocycles. The van der Waals surface area contributed by atoms with Crippen molar-refractivity contribution in [1.82, 2.24) is 0 Å². The van der Waals surface area contributed by atoms with Crippen LogP contribution in [0.5, 0.6) is 0 Å². The number of halogens is 3. The van der Waals surface area contributed by atoms with E-state index in [0.29, 0.717) is 6.61 Å². The molecule has 18 heavy (non-hydrogen) atoms. The zero-order chi connectivity index (χ0) is 13.2. The molecule has 1 aromatic carbocycles. The molecule has 0 spiro atoms. The Balaban J connectivity index is 2.10. The molecular formula is C13H13F3O2. The number of carbonyl (C=O) groups is 1. The number of ether oxygens (including phenoxy) is 1. The summed E-state index contributed by atoms with van der Waals surface area (Å²) in [6.07, 6.45) is -2.71. The molecule has 2 nitrogen and oxygen atoms in total. The van der Waals surface area contributed by atoms with E-state index < -0.39 is 11.7 Å². The summed E-state index contributed by atoms with van der Waals surface area (Å²) in [7, 11) is 0. The zero-order valence-corrected chi connectivity index (χ0v) is 9.67. The summed E-state index contributed by atoms with van der Waals surface area (Å²) < 4.78 is 42.8. The Kier molecular flexibility index (Phi) is 3.71. The topological polar surface area (TPSA) is 26.3 Å². The van der Waals surface area contributed by atoms with Crippen molar-refractivity contribution in [2.45, 2.75) is 31.5 Å². The molecular weight excluding hydrogens is 245 g/mol. The van der Waals surface area contributed by atoms with Crippen LogP contribution in [0.1, 0.15) is 35.2 Å². The van der Waals surface area contributed by atoms with Crippen LogP contribution in [0.4, 0.5) is 13.2 Å². The maximum atomic E-state index is 12.5. The first-order chi connectivity index (χ1) is 8.47. The maximum Gasteiger partial charge on any atom is 0.416 e. The van der Waals surface area contributed by atoms with Gasteiger partial charge in [0.1, 0.15) is 0 Å². The maximum absolute atomic E-state index is 12.5. The van der Waals surface area contributed by atoms with Gasteiger partial charge in [0.2, 0.25) is 0 Å². The van der Waals surface area contributed by atoms with Crippen molar-refractivity contribution in [2.75, 3.05) is 6.61 Å². The fourth-order valence-electron chi connectivity index (χ4n) is 2.00. The standard InChI is InChI=1S/C13H13F3O2/c14-13(15,16)10-4-1-3-9(7-10)12(17)8-11-5-2-6-18-11/h1,3-4,7,11H,2,5-6,8H2. The highest BCUT2D eigenvalue weighted by molar-refractivity contribution is 5.96. The fourth-order valence-corrected chi connectivity index (χ4v) is 2.00. The van der Waals surface area contributed by atoms with Crippen LogP contribution in [0.25, 0.3) is 0 Å². The number of rotatable bonds is 3. The van der Waals surface area contributed by atoms with E-state index >= 15 is 0 Å². The largest absolute Gasteiger partial charge is 0.416 e. The van der Waals surface area contributed by atoms with Gasteiger partial charge < -0.3 is 4.74 Å². The van der Waals surface area contributed by atoms with Crippen LogP contribution in [-0.4, -0.2) is 18.5 Å². The smallest absolute Gasteiger partial charge is 0.378 e. The first-order valence-electron chi connectivity index (χ1n) is 5.79. The van der Waals surface area contributed by atoms with Crippen LogP contribution < -0.4 is 0 Å². The van der Waals surface area contributed by atoms with Crippen LogP contribution in [0.2, 0.25) is 0 Å². The summed E-state index contributed by atoms with van der Waals surface area (Å²) in [6.45, 7) is 0.626. The first-order valence-corrected chi connectivity index (χ1v) is 5.79. The second-order valence-electron chi connectivity index (χ2n) is 4.34. The van der Waals surface area contributed by atoms with Crippen LogP contribution in [-0.2, 0) is 10.9 Å². The number of alkyl halides is 3. The van der Waals surface area contributed by atoms with E-state index in [0.717, 1.165) is 25.0 Å². The molecule has 5 heteroatoms. The fraction of sp³-hybridized carbons (Fsp3) is 0.462. The summed E-state index contributed by atoms with van der Waals surface area (Å²) in [5, 5.41) is 0. The predicted molar refractivity (Wildman–Crippen MR) is 59.4 cm³/mol. The lowest BCUT2D eigenvalue weighted by Gasteiger charge is -2.10. The second kappa shape index (κ2) is 5.10. The monoisotopic (exact) mass is 258 g/mol. The molecule has 0 aliphatic carbocycles. The lowest BCUT2D eigenvalue weighted by atomic mass is 10.0. The van der Waals surface area contributed by atoms with Gasteiger partial charge in [-0.1, -0.05) is 12.1 Å². The van der Waals surface area contributed by atoms with Crippen molar-refractivity contribution in [3.63, 3.8) is 0 Å². The molecule has 2 rings (SSSR count). The molecule has 1 heterocycles. The average molecular weight is 258 g/mol. The van der Waals surface area contributed by atoms with Gasteiger partial charge in [-0.3, -0.25) is 4.79 Å². The van der Waals surface area contributed by atoms with Gasteiger partial charge in [-0.15, -0.1) is 0 Å². The third-order valence-electron chi connectivity index (χ3n) is 2.95. The molecule has 1 fully saturated rings. The Hall–Kier alpha value is -1.36. The summed E-state index contributed by atoms with van der Waals surface area (Å²) in [5.41, 5.74) is -0.694. The van der Waals surface area contributed by atoms with E-state index in [2.05, 4.69) is 0 Å². The van der Waals surface area contributed by atoms with E-state index in [4.69, 9.17) is 4.74 Å². The Bertz CT molecular complexity index is 434. The Morgan fingerprint density at radius 2 is 2.17 bits per heavy atom. The normalized spacial score (nSPS) is 20.1. The molecule has 1 aliphatic rings. The van der Waals surface area contributed by atoms with Crippen molar-refractivity contribution in [3.8, 4) is 0 Å². The Morgan fingerprint density at radius 1 is 1.39 bits per heavy atom. The van der Waals surface area contributed by atoms with Crippen LogP contribution in [0, 0.1) is 0 Å². The van der Waals surface area contributed by atoms with Gasteiger partial charge >= 0.3 is 6.18 Å². The van der Waals surface area contributed by atoms with Gasteiger partial charge in [-0.05, 0) is 25.0 Å². The zero-order valence-electron chi connectivity index (χ0n) is 9.67. The summed E-state index contributed by atoms with van der Waals surface area (Å²) in [6, 6.07) is 4.53. The SMILES string of the molecule is O=C(CC1CCCO1)c1cccc(C(F)(F)F)c1. The van der Waals surface area contributed by atoms with E-state index in [1.807, 2.05) is 0 Å². The highest BCUT2D eigenvalue weighted by Gasteiger charge is 2.31. The van der Waals surface area contributed by atoms with Gasteiger partial charge in [0.15, 0.2) is 5.78 Å². The average Bonchev–Trinajstić information content (AvgIpc) is 2.81. The Labute approximate surface area is 103 Å². The van der Waals surface area contributed by atoms with Gasteiger partial charge in [0.05, 0.1) is 11.7 Å². The third kappa shape index (κ3) is 3.10. The van der Waals surface area contributed by atoms with E-state index in [9.17, 15) is 18.0 Å². The number of carbonyl (C=O) groups excluding carboxylic acids is 1. The number of benzene rings is 1.